The Morgan fingerprint density at radius 3 is 2.30 bits per heavy atom. The van der Waals surface area contributed by atoms with Gasteiger partial charge in [0.2, 0.25) is 11.8 Å². The molecule has 0 radical (unpaired) electrons. The van der Waals surface area contributed by atoms with E-state index >= 15 is 0 Å². The number of benzene rings is 1. The number of alkyl carbamates (subject to hydrolysis) is 1. The Labute approximate surface area is 242 Å². The van der Waals surface area contributed by atoms with Crippen LogP contribution in [0.1, 0.15) is 66.0 Å². The fourth-order valence-corrected chi connectivity index (χ4v) is 3.80. The number of ether oxygens (including phenoxy) is 1. The average molecular weight is 522 g/mol. The quantitative estimate of drug-likeness (QED) is 0.262. The van der Waals surface area contributed by atoms with Gasteiger partial charge in [0.25, 0.3) is 0 Å². The zero-order valence-electron chi connectivity index (χ0n) is 23.2. The van der Waals surface area contributed by atoms with Crippen LogP contribution in [0.15, 0.2) is 35.0 Å². The largest absolute Gasteiger partial charge is 1.00 e. The van der Waals surface area contributed by atoms with E-state index in [0.717, 1.165) is 11.1 Å². The number of carbonyl (C=O) groups is 3. The molecule has 198 valence electrons. The molecule has 3 amide bonds. The number of β-amino-alcohol motifs (C(OH)–C–C–N with tert-alkyl or cyclic N) is 1. The predicted octanol–water partition coefficient (Wildman–Crippen LogP) is -0.159. The second-order valence-corrected chi connectivity index (χ2v) is 11.1. The monoisotopic (exact) mass is 521 g/mol. The number of rotatable bonds is 7. The number of likely N-dealkylation sites (tertiary alicyclic amines) is 1. The summed E-state index contributed by atoms with van der Waals surface area (Å²) in [5.41, 5.74) is 0.832. The Morgan fingerprint density at radius 2 is 1.78 bits per heavy atom. The molecule has 1 heterocycles. The third kappa shape index (κ3) is 10.2. The summed E-state index contributed by atoms with van der Waals surface area (Å²) in [6.07, 6.45) is 1.58. The van der Waals surface area contributed by atoms with Crippen molar-refractivity contribution in [2.45, 2.75) is 85.2 Å². The summed E-state index contributed by atoms with van der Waals surface area (Å²) in [6, 6.07) is 5.55. The molecule has 37 heavy (non-hydrogen) atoms. The number of hydrogen-bond acceptors (Lipinski definition) is 6. The number of allylic oxidation sites excluding steroid dienone is 1. The molecule has 0 saturated carbocycles. The first-order valence-corrected chi connectivity index (χ1v) is 12.0. The number of carbonyl (C=O) groups excluding carboxylic acids is 3. The molecule has 2 rings (SSSR count). The van der Waals surface area contributed by atoms with Crippen LogP contribution in [0.3, 0.4) is 0 Å². The molecule has 0 unspecified atom stereocenters. The van der Waals surface area contributed by atoms with Crippen LogP contribution in [-0.2, 0) is 20.9 Å². The van der Waals surface area contributed by atoms with E-state index in [1.807, 2.05) is 45.0 Å². The molecule has 0 aliphatic carbocycles. The van der Waals surface area contributed by atoms with Crippen LogP contribution >= 0.6 is 0 Å². The maximum atomic E-state index is 13.5. The summed E-state index contributed by atoms with van der Waals surface area (Å²) in [5.74, 6) is -0.824. The Balaban J connectivity index is 0.00000684. The minimum Gasteiger partial charge on any atom is -0.477 e. The van der Waals surface area contributed by atoms with Gasteiger partial charge in [0, 0.05) is 19.5 Å². The van der Waals surface area contributed by atoms with E-state index in [1.54, 1.807) is 27.7 Å². The minimum atomic E-state index is -0.950. The Hall–Kier alpha value is -2.20. The van der Waals surface area contributed by atoms with Crippen molar-refractivity contribution < 1.29 is 53.8 Å². The standard InChI is InChI=1S/C27H38N4O5.Na/c1-17(28-8)13-18-9-11-19(12-10-18)15-29-23(33)21-14-20(32)16-31(21)24(34)22(26(2,3)4)30-25(35)36-27(5,6)7;/h8-12,20-22,32H,14-16H2,1-7H3,(H,29,33)(H,30,35);/q-2;+1/t20-,21-,22+;/m0./s1. The number of aliphatic imine (C=N–C) groups is 1. The molecule has 0 aromatic heterocycles. The van der Waals surface area contributed by atoms with Crippen LogP contribution in [-0.4, -0.2) is 65.0 Å². The summed E-state index contributed by atoms with van der Waals surface area (Å²) in [7, 11) is 0. The first-order chi connectivity index (χ1) is 16.6. The van der Waals surface area contributed by atoms with E-state index in [1.165, 1.54) is 4.90 Å². The zero-order chi connectivity index (χ0) is 27.3. The number of aliphatic hydroxyl groups excluding tert-OH is 1. The van der Waals surface area contributed by atoms with E-state index in [9.17, 15) is 19.5 Å². The van der Waals surface area contributed by atoms with Crippen LogP contribution in [0.4, 0.5) is 4.79 Å². The Kier molecular flexibility index (Phi) is 12.0. The molecule has 3 N–H and O–H groups in total. The van der Waals surface area contributed by atoms with Crippen molar-refractivity contribution in [1.82, 2.24) is 15.5 Å². The number of hydrogen-bond donors (Lipinski definition) is 3. The van der Waals surface area contributed by atoms with Gasteiger partial charge < -0.3 is 30.4 Å². The topological polar surface area (TPSA) is 120 Å². The second-order valence-electron chi connectivity index (χ2n) is 11.1. The normalized spacial score (nSPS) is 18.9. The molecular weight excluding hydrogens is 483 g/mol. The van der Waals surface area contributed by atoms with Crippen LogP contribution in [0.25, 0.3) is 0 Å². The van der Waals surface area contributed by atoms with Gasteiger partial charge in [-0.3, -0.25) is 15.7 Å². The Morgan fingerprint density at radius 1 is 1.19 bits per heavy atom. The molecule has 10 heteroatoms. The smallest absolute Gasteiger partial charge is 0.477 e. The third-order valence-corrected chi connectivity index (χ3v) is 5.58. The van der Waals surface area contributed by atoms with E-state index < -0.39 is 41.2 Å². The minimum absolute atomic E-state index is 0. The van der Waals surface area contributed by atoms with E-state index in [4.69, 9.17) is 11.5 Å². The van der Waals surface area contributed by atoms with Gasteiger partial charge in [-0.05, 0) is 26.2 Å². The molecular formula is C27H38N4NaO5-. The van der Waals surface area contributed by atoms with Gasteiger partial charge in [-0.1, -0.05) is 26.3 Å². The first-order valence-electron chi connectivity index (χ1n) is 12.0. The SMILES string of the molecule is [CH-]=NC(C)=[C-]c1ccc(CNC(=O)[C@@H]2C[C@H](O)CN2C(=O)[C@@H](NC(=O)OC(C)(C)C)C(C)(C)C)cc1.[Na+]. The third-order valence-electron chi connectivity index (χ3n) is 5.58. The molecule has 9 nitrogen and oxygen atoms in total. The molecule has 1 aliphatic rings. The van der Waals surface area contributed by atoms with Gasteiger partial charge in [-0.25, -0.2) is 10.4 Å². The van der Waals surface area contributed by atoms with Crippen molar-refractivity contribution in [2.24, 2.45) is 10.4 Å². The van der Waals surface area contributed by atoms with E-state index in [0.29, 0.717) is 5.70 Å². The maximum Gasteiger partial charge on any atom is 1.00 e. The molecule has 1 aromatic rings. The fraction of sp³-hybridized carbons (Fsp3) is 0.556. The molecule has 1 aliphatic heterocycles. The van der Waals surface area contributed by atoms with Crippen molar-refractivity contribution in [3.8, 4) is 0 Å². The average Bonchev–Trinajstić information content (AvgIpc) is 3.16. The summed E-state index contributed by atoms with van der Waals surface area (Å²) < 4.78 is 5.33. The molecule has 3 atom stereocenters. The van der Waals surface area contributed by atoms with Gasteiger partial charge in [0.1, 0.15) is 17.7 Å². The maximum absolute atomic E-state index is 13.5. The molecule has 1 saturated heterocycles. The van der Waals surface area contributed by atoms with Crippen molar-refractivity contribution in [1.29, 1.82) is 0 Å². The van der Waals surface area contributed by atoms with Gasteiger partial charge in [-0.15, -0.1) is 19.1 Å². The van der Waals surface area contributed by atoms with Crippen molar-refractivity contribution >= 4 is 24.6 Å². The zero-order valence-corrected chi connectivity index (χ0v) is 25.2. The summed E-state index contributed by atoms with van der Waals surface area (Å²) in [5, 5.41) is 15.8. The van der Waals surface area contributed by atoms with Crippen LogP contribution in [0.5, 0.6) is 0 Å². The molecule has 1 fully saturated rings. The molecule has 0 spiro atoms. The number of nitrogens with one attached hydrogen (secondary N) is 2. The van der Waals surface area contributed by atoms with Gasteiger partial charge >= 0.3 is 35.7 Å². The van der Waals surface area contributed by atoms with Crippen LogP contribution in [0.2, 0.25) is 0 Å². The van der Waals surface area contributed by atoms with E-state index in [2.05, 4.69) is 21.7 Å². The van der Waals surface area contributed by atoms with Crippen molar-refractivity contribution in [3.05, 3.63) is 47.2 Å². The van der Waals surface area contributed by atoms with Crippen molar-refractivity contribution in [3.63, 3.8) is 0 Å². The predicted molar refractivity (Wildman–Crippen MR) is 137 cm³/mol. The second kappa shape index (κ2) is 13.6. The summed E-state index contributed by atoms with van der Waals surface area (Å²) in [6.45, 7) is 17.9. The number of amides is 3. The van der Waals surface area contributed by atoms with E-state index in [-0.39, 0.29) is 55.0 Å². The number of nitrogens with zero attached hydrogens (tertiary/aromatic N) is 2. The summed E-state index contributed by atoms with van der Waals surface area (Å²) >= 11 is 0. The first kappa shape index (κ1) is 32.8. The Bertz CT molecular complexity index is 996. The molecule has 1 aromatic carbocycles. The number of aliphatic hydroxyl groups is 1. The van der Waals surface area contributed by atoms with Crippen LogP contribution < -0.4 is 40.2 Å². The van der Waals surface area contributed by atoms with Gasteiger partial charge in [0.05, 0.1) is 6.10 Å². The molecule has 0 bridgehead atoms. The fourth-order valence-electron chi connectivity index (χ4n) is 3.80. The van der Waals surface area contributed by atoms with Crippen molar-refractivity contribution in [2.75, 3.05) is 6.54 Å². The van der Waals surface area contributed by atoms with Gasteiger partial charge in [-0.2, -0.15) is 24.5 Å². The summed E-state index contributed by atoms with van der Waals surface area (Å²) in [4.78, 5) is 43.9. The van der Waals surface area contributed by atoms with Crippen LogP contribution in [0, 0.1) is 11.5 Å². The van der Waals surface area contributed by atoms with Gasteiger partial charge in [0.15, 0.2) is 0 Å².